The molecule has 1 aromatic rings. The fraction of sp³-hybridized carbons (Fsp3) is 0.900. The summed E-state index contributed by atoms with van der Waals surface area (Å²) in [5, 5.41) is 11.7. The summed E-state index contributed by atoms with van der Waals surface area (Å²) in [4.78, 5) is 0. The molecule has 4 nitrogen and oxygen atoms in total. The first-order valence-corrected chi connectivity index (χ1v) is 6.21. The van der Waals surface area contributed by atoms with Crippen molar-refractivity contribution in [2.45, 2.75) is 50.9 Å². The number of tetrazole rings is 1. The van der Waals surface area contributed by atoms with Crippen LogP contribution in [0.2, 0.25) is 0 Å². The van der Waals surface area contributed by atoms with Crippen LogP contribution in [0, 0.1) is 5.92 Å². The van der Waals surface area contributed by atoms with E-state index in [2.05, 4.69) is 22.4 Å². The van der Waals surface area contributed by atoms with Crippen LogP contribution in [0.5, 0.6) is 0 Å². The number of aromatic nitrogens is 4. The van der Waals surface area contributed by atoms with Crippen LogP contribution in [0.3, 0.4) is 0 Å². The van der Waals surface area contributed by atoms with Crippen molar-refractivity contribution in [3.63, 3.8) is 0 Å². The zero-order valence-electron chi connectivity index (χ0n) is 9.06. The molecule has 1 aliphatic rings. The number of alkyl halides is 1. The Bertz CT molecular complexity index is 312. The number of rotatable bonds is 3. The van der Waals surface area contributed by atoms with Gasteiger partial charge in [-0.3, -0.25) is 0 Å². The van der Waals surface area contributed by atoms with E-state index in [0.717, 1.165) is 11.7 Å². The molecule has 2 atom stereocenters. The van der Waals surface area contributed by atoms with Crippen LogP contribution in [0.4, 0.5) is 0 Å². The highest BCUT2D eigenvalue weighted by molar-refractivity contribution is 6.16. The number of hydrogen-bond donors (Lipinski definition) is 0. The number of nitrogens with zero attached hydrogens (tertiary/aromatic N) is 4. The Morgan fingerprint density at radius 1 is 1.47 bits per heavy atom. The standard InChI is InChI=1S/C10H17ClN4/c1-2-8-4-3-5-9(6-8)15-10(7-11)12-13-14-15/h8-9H,2-7H2,1H3. The normalized spacial score (nSPS) is 26.8. The third kappa shape index (κ3) is 2.30. The van der Waals surface area contributed by atoms with Gasteiger partial charge in [0.1, 0.15) is 0 Å². The van der Waals surface area contributed by atoms with Crippen molar-refractivity contribution in [2.24, 2.45) is 5.92 Å². The quantitative estimate of drug-likeness (QED) is 0.747. The summed E-state index contributed by atoms with van der Waals surface area (Å²) >= 11 is 5.80. The molecule has 0 bridgehead atoms. The van der Waals surface area contributed by atoms with Gasteiger partial charge in [-0.1, -0.05) is 26.2 Å². The predicted molar refractivity (Wildman–Crippen MR) is 58.7 cm³/mol. The molecule has 0 N–H and O–H groups in total. The molecule has 1 heterocycles. The smallest absolute Gasteiger partial charge is 0.166 e. The van der Waals surface area contributed by atoms with Crippen LogP contribution in [0.15, 0.2) is 0 Å². The largest absolute Gasteiger partial charge is 0.225 e. The van der Waals surface area contributed by atoms with Gasteiger partial charge >= 0.3 is 0 Å². The molecule has 15 heavy (non-hydrogen) atoms. The van der Waals surface area contributed by atoms with E-state index < -0.39 is 0 Å². The second-order valence-electron chi connectivity index (χ2n) is 4.27. The number of hydrogen-bond acceptors (Lipinski definition) is 3. The van der Waals surface area contributed by atoms with Gasteiger partial charge in [-0.2, -0.15) is 0 Å². The fourth-order valence-electron chi connectivity index (χ4n) is 2.44. The maximum atomic E-state index is 5.80. The lowest BCUT2D eigenvalue weighted by Gasteiger charge is -2.28. The molecular formula is C10H17ClN4. The molecule has 1 aliphatic carbocycles. The molecule has 0 radical (unpaired) electrons. The van der Waals surface area contributed by atoms with Crippen LogP contribution in [-0.2, 0) is 5.88 Å². The van der Waals surface area contributed by atoms with Gasteiger partial charge in [-0.15, -0.1) is 16.7 Å². The van der Waals surface area contributed by atoms with Gasteiger partial charge in [0.15, 0.2) is 5.82 Å². The molecule has 0 amide bonds. The predicted octanol–water partition coefficient (Wildman–Crippen LogP) is 2.55. The molecule has 2 unspecified atom stereocenters. The maximum absolute atomic E-state index is 5.80. The van der Waals surface area contributed by atoms with E-state index in [1.54, 1.807) is 0 Å². The van der Waals surface area contributed by atoms with Crippen molar-refractivity contribution < 1.29 is 0 Å². The van der Waals surface area contributed by atoms with Gasteiger partial charge in [-0.05, 0) is 29.2 Å². The summed E-state index contributed by atoms with van der Waals surface area (Å²) in [5.41, 5.74) is 0. The lowest BCUT2D eigenvalue weighted by atomic mass is 9.84. The third-order valence-electron chi connectivity index (χ3n) is 3.36. The van der Waals surface area contributed by atoms with E-state index in [9.17, 15) is 0 Å². The van der Waals surface area contributed by atoms with E-state index in [0.29, 0.717) is 11.9 Å². The topological polar surface area (TPSA) is 43.6 Å². The molecule has 1 fully saturated rings. The average molecular weight is 229 g/mol. The summed E-state index contributed by atoms with van der Waals surface area (Å²) in [6.07, 6.45) is 6.28. The van der Waals surface area contributed by atoms with Gasteiger partial charge in [0, 0.05) is 0 Å². The van der Waals surface area contributed by atoms with Crippen molar-refractivity contribution in [2.75, 3.05) is 0 Å². The van der Waals surface area contributed by atoms with E-state index in [1.165, 1.54) is 32.1 Å². The summed E-state index contributed by atoms with van der Waals surface area (Å²) in [5.74, 6) is 2.04. The van der Waals surface area contributed by atoms with Gasteiger partial charge in [0.2, 0.25) is 0 Å². The molecule has 1 aromatic heterocycles. The van der Waals surface area contributed by atoms with Gasteiger partial charge in [-0.25, -0.2) is 4.68 Å². The molecule has 5 heteroatoms. The molecule has 84 valence electrons. The first-order valence-electron chi connectivity index (χ1n) is 5.67. The van der Waals surface area contributed by atoms with Crippen LogP contribution in [0.25, 0.3) is 0 Å². The Balaban J connectivity index is 2.09. The number of halogens is 1. The second-order valence-corrected chi connectivity index (χ2v) is 4.54. The zero-order valence-corrected chi connectivity index (χ0v) is 9.82. The molecule has 2 rings (SSSR count). The minimum atomic E-state index is 0.403. The Morgan fingerprint density at radius 2 is 2.33 bits per heavy atom. The molecular weight excluding hydrogens is 212 g/mol. The highest BCUT2D eigenvalue weighted by atomic mass is 35.5. The third-order valence-corrected chi connectivity index (χ3v) is 3.60. The Morgan fingerprint density at radius 3 is 3.07 bits per heavy atom. The van der Waals surface area contributed by atoms with E-state index in [-0.39, 0.29) is 0 Å². The Labute approximate surface area is 95.0 Å². The Hall–Kier alpha value is -0.640. The molecule has 0 aromatic carbocycles. The van der Waals surface area contributed by atoms with Gasteiger partial charge < -0.3 is 0 Å². The summed E-state index contributed by atoms with van der Waals surface area (Å²) in [7, 11) is 0. The first-order chi connectivity index (χ1) is 7.35. The van der Waals surface area contributed by atoms with Gasteiger partial charge in [0.25, 0.3) is 0 Å². The molecule has 0 spiro atoms. The SMILES string of the molecule is CCC1CCCC(n2nnnc2CCl)C1. The molecule has 0 saturated heterocycles. The minimum absolute atomic E-state index is 0.403. The highest BCUT2D eigenvalue weighted by Gasteiger charge is 2.24. The van der Waals surface area contributed by atoms with Crippen molar-refractivity contribution in [1.82, 2.24) is 20.2 Å². The molecule has 1 saturated carbocycles. The van der Waals surface area contributed by atoms with E-state index >= 15 is 0 Å². The van der Waals surface area contributed by atoms with E-state index in [4.69, 9.17) is 11.6 Å². The summed E-state index contributed by atoms with van der Waals surface area (Å²) < 4.78 is 1.93. The lowest BCUT2D eigenvalue weighted by Crippen LogP contribution is -2.21. The highest BCUT2D eigenvalue weighted by Crippen LogP contribution is 2.34. The monoisotopic (exact) mass is 228 g/mol. The fourth-order valence-corrected chi connectivity index (χ4v) is 2.62. The van der Waals surface area contributed by atoms with Crippen molar-refractivity contribution >= 4 is 11.6 Å². The first kappa shape index (κ1) is 10.9. The van der Waals surface area contributed by atoms with E-state index in [1.807, 2.05) is 4.68 Å². The lowest BCUT2D eigenvalue weighted by molar-refractivity contribution is 0.242. The summed E-state index contributed by atoms with van der Waals surface area (Å²) in [6, 6.07) is 0.465. The van der Waals surface area contributed by atoms with Crippen LogP contribution >= 0.6 is 11.6 Å². The molecule has 0 aliphatic heterocycles. The van der Waals surface area contributed by atoms with Crippen LogP contribution < -0.4 is 0 Å². The van der Waals surface area contributed by atoms with Gasteiger partial charge in [0.05, 0.1) is 11.9 Å². The Kier molecular flexibility index (Phi) is 3.57. The maximum Gasteiger partial charge on any atom is 0.166 e. The van der Waals surface area contributed by atoms with Crippen molar-refractivity contribution in [3.8, 4) is 0 Å². The second kappa shape index (κ2) is 4.92. The van der Waals surface area contributed by atoms with Crippen molar-refractivity contribution in [1.29, 1.82) is 0 Å². The van der Waals surface area contributed by atoms with Crippen LogP contribution in [0.1, 0.15) is 50.9 Å². The summed E-state index contributed by atoms with van der Waals surface area (Å²) in [6.45, 7) is 2.26. The van der Waals surface area contributed by atoms with Crippen LogP contribution in [-0.4, -0.2) is 20.2 Å². The zero-order chi connectivity index (χ0) is 10.7. The average Bonchev–Trinajstić information content (AvgIpc) is 2.77. The minimum Gasteiger partial charge on any atom is -0.225 e. The van der Waals surface area contributed by atoms with Crippen molar-refractivity contribution in [3.05, 3.63) is 5.82 Å².